The van der Waals surface area contributed by atoms with Crippen LogP contribution < -0.4 is 5.32 Å². The highest BCUT2D eigenvalue weighted by molar-refractivity contribution is 6.80. The summed E-state index contributed by atoms with van der Waals surface area (Å²) in [6, 6.07) is 9.77. The zero-order valence-electron chi connectivity index (χ0n) is 8.03. The van der Waals surface area contributed by atoms with Crippen molar-refractivity contribution in [2.45, 2.75) is 6.42 Å². The van der Waals surface area contributed by atoms with Crippen molar-refractivity contribution in [2.75, 3.05) is 6.54 Å². The maximum atomic E-state index is 10.1. The number of nitrogens with one attached hydrogen (secondary N) is 1. The van der Waals surface area contributed by atoms with Crippen LogP contribution in [0.25, 0.3) is 0 Å². The predicted octanol–water partition coefficient (Wildman–Crippen LogP) is 1.00. The molecule has 1 amide bonds. The van der Waals surface area contributed by atoms with Gasteiger partial charge in [-0.3, -0.25) is 0 Å². The summed E-state index contributed by atoms with van der Waals surface area (Å²) in [6.45, 7) is 0.472. The molecule has 0 fully saturated rings. The molecular formula is C9H14ClNO2Si. The highest BCUT2D eigenvalue weighted by Crippen LogP contribution is 1.97. The SMILES string of the molecule is O=C(O)NCCc1ccccc1.[SiH3]Cl. The molecule has 1 aromatic carbocycles. The van der Waals surface area contributed by atoms with Gasteiger partial charge in [0.25, 0.3) is 0 Å². The first-order valence-corrected chi connectivity index (χ1v) is 7.20. The van der Waals surface area contributed by atoms with Crippen LogP contribution in [-0.2, 0) is 6.42 Å². The highest BCUT2D eigenvalue weighted by atomic mass is 35.6. The molecule has 0 saturated heterocycles. The molecule has 0 aliphatic carbocycles. The Morgan fingerprint density at radius 3 is 2.43 bits per heavy atom. The lowest BCUT2D eigenvalue weighted by molar-refractivity contribution is 0.194. The summed E-state index contributed by atoms with van der Waals surface area (Å²) in [5, 5.41) is 10.6. The van der Waals surface area contributed by atoms with E-state index in [0.29, 0.717) is 6.54 Å². The molecule has 0 heterocycles. The van der Waals surface area contributed by atoms with Gasteiger partial charge >= 0.3 is 6.09 Å². The van der Waals surface area contributed by atoms with Gasteiger partial charge in [-0.05, 0) is 12.0 Å². The van der Waals surface area contributed by atoms with Gasteiger partial charge in [-0.2, -0.15) is 11.1 Å². The number of benzene rings is 1. The Balaban J connectivity index is 0.000000791. The van der Waals surface area contributed by atoms with E-state index in [2.05, 4.69) is 5.32 Å². The number of carboxylic acid groups (broad SMARTS) is 1. The van der Waals surface area contributed by atoms with E-state index in [1.807, 2.05) is 30.3 Å². The van der Waals surface area contributed by atoms with E-state index in [-0.39, 0.29) is 0 Å². The van der Waals surface area contributed by atoms with Gasteiger partial charge in [0.15, 0.2) is 0 Å². The fourth-order valence-electron chi connectivity index (χ4n) is 0.958. The molecule has 14 heavy (non-hydrogen) atoms. The van der Waals surface area contributed by atoms with Gasteiger partial charge in [-0.1, -0.05) is 30.3 Å². The van der Waals surface area contributed by atoms with Crippen molar-refractivity contribution in [3.05, 3.63) is 35.9 Å². The van der Waals surface area contributed by atoms with Crippen LogP contribution in [0.15, 0.2) is 30.3 Å². The Kier molecular flexibility index (Phi) is 7.97. The van der Waals surface area contributed by atoms with Crippen molar-refractivity contribution in [1.82, 2.24) is 5.32 Å². The zero-order chi connectivity index (χ0) is 10.8. The second kappa shape index (κ2) is 8.59. The third kappa shape index (κ3) is 6.51. The second-order valence-corrected chi connectivity index (χ2v) is 2.47. The topological polar surface area (TPSA) is 49.3 Å². The molecule has 5 heteroatoms. The smallest absolute Gasteiger partial charge is 0.404 e. The van der Waals surface area contributed by atoms with Crippen molar-refractivity contribution in [3.63, 3.8) is 0 Å². The van der Waals surface area contributed by atoms with Crippen LogP contribution in [0.3, 0.4) is 0 Å². The molecule has 0 spiro atoms. The molecule has 0 saturated carbocycles. The lowest BCUT2D eigenvalue weighted by atomic mass is 10.1. The van der Waals surface area contributed by atoms with E-state index in [1.165, 1.54) is 0 Å². The summed E-state index contributed by atoms with van der Waals surface area (Å²) in [7, 11) is 0.778. The Labute approximate surface area is 91.2 Å². The molecule has 0 atom stereocenters. The molecule has 2 N–H and O–H groups in total. The van der Waals surface area contributed by atoms with E-state index in [1.54, 1.807) is 0 Å². The number of carbonyl (C=O) groups is 1. The van der Waals surface area contributed by atoms with Crippen LogP contribution in [-0.4, -0.2) is 27.3 Å². The fourth-order valence-corrected chi connectivity index (χ4v) is 0.958. The monoisotopic (exact) mass is 231 g/mol. The van der Waals surface area contributed by atoms with Crippen molar-refractivity contribution in [1.29, 1.82) is 0 Å². The summed E-state index contributed by atoms with van der Waals surface area (Å²) in [5.74, 6) is 0. The van der Waals surface area contributed by atoms with Crippen molar-refractivity contribution < 1.29 is 9.90 Å². The molecule has 0 aliphatic heterocycles. The Hall–Kier alpha value is -1.00. The molecule has 1 rings (SSSR count). The van der Waals surface area contributed by atoms with Crippen molar-refractivity contribution >= 4 is 26.7 Å². The number of hydrogen-bond acceptors (Lipinski definition) is 1. The molecule has 78 valence electrons. The van der Waals surface area contributed by atoms with Gasteiger partial charge < -0.3 is 10.4 Å². The van der Waals surface area contributed by atoms with Crippen LogP contribution in [0, 0.1) is 0 Å². The lowest BCUT2D eigenvalue weighted by Crippen LogP contribution is -2.23. The van der Waals surface area contributed by atoms with E-state index >= 15 is 0 Å². The summed E-state index contributed by atoms with van der Waals surface area (Å²) in [5.41, 5.74) is 1.14. The maximum absolute atomic E-state index is 10.1. The van der Waals surface area contributed by atoms with Crippen LogP contribution in [0.2, 0.25) is 0 Å². The maximum Gasteiger partial charge on any atom is 0.404 e. The predicted molar refractivity (Wildman–Crippen MR) is 62.0 cm³/mol. The van der Waals surface area contributed by atoms with E-state index in [9.17, 15) is 4.79 Å². The first kappa shape index (κ1) is 13.0. The van der Waals surface area contributed by atoms with Gasteiger partial charge in [-0.25, -0.2) is 4.79 Å². The Bertz CT molecular complexity index is 256. The van der Waals surface area contributed by atoms with Gasteiger partial charge in [0.1, 0.15) is 9.55 Å². The minimum atomic E-state index is -0.967. The number of amides is 1. The minimum absolute atomic E-state index is 0.472. The van der Waals surface area contributed by atoms with Crippen LogP contribution >= 0.6 is 11.1 Å². The van der Waals surface area contributed by atoms with E-state index < -0.39 is 6.09 Å². The first-order valence-electron chi connectivity index (χ1n) is 4.17. The quantitative estimate of drug-likeness (QED) is 0.603. The average molecular weight is 232 g/mol. The zero-order valence-corrected chi connectivity index (χ0v) is 10.8. The Morgan fingerprint density at radius 1 is 1.36 bits per heavy atom. The Morgan fingerprint density at radius 2 is 1.93 bits per heavy atom. The van der Waals surface area contributed by atoms with E-state index in [4.69, 9.17) is 16.2 Å². The molecule has 0 bridgehead atoms. The van der Waals surface area contributed by atoms with Crippen LogP contribution in [0.5, 0.6) is 0 Å². The number of hydrogen-bond donors (Lipinski definition) is 2. The van der Waals surface area contributed by atoms with Gasteiger partial charge in [0.05, 0.1) is 0 Å². The fraction of sp³-hybridized carbons (Fsp3) is 0.222. The van der Waals surface area contributed by atoms with Crippen LogP contribution in [0.4, 0.5) is 4.79 Å². The highest BCUT2D eigenvalue weighted by Gasteiger charge is 1.93. The molecule has 3 nitrogen and oxygen atoms in total. The normalized spacial score (nSPS) is 8.64. The summed E-state index contributed by atoms with van der Waals surface area (Å²) in [6.07, 6.45) is -0.224. The van der Waals surface area contributed by atoms with Gasteiger partial charge in [-0.15, -0.1) is 0 Å². The third-order valence-corrected chi connectivity index (χ3v) is 1.53. The van der Waals surface area contributed by atoms with Crippen molar-refractivity contribution in [2.24, 2.45) is 0 Å². The largest absolute Gasteiger partial charge is 0.465 e. The number of halogens is 1. The average Bonchev–Trinajstić information content (AvgIpc) is 2.22. The van der Waals surface area contributed by atoms with E-state index in [0.717, 1.165) is 21.5 Å². The lowest BCUT2D eigenvalue weighted by Gasteiger charge is -2.00. The first-order chi connectivity index (χ1) is 6.79. The molecule has 0 aromatic heterocycles. The molecular weight excluding hydrogens is 218 g/mol. The van der Waals surface area contributed by atoms with Crippen molar-refractivity contribution in [3.8, 4) is 0 Å². The molecule has 0 aliphatic rings. The summed E-state index contributed by atoms with van der Waals surface area (Å²) in [4.78, 5) is 10.1. The molecule has 0 radical (unpaired) electrons. The van der Waals surface area contributed by atoms with Gasteiger partial charge in [0, 0.05) is 6.54 Å². The summed E-state index contributed by atoms with van der Waals surface area (Å²) < 4.78 is 0. The minimum Gasteiger partial charge on any atom is -0.465 e. The molecule has 1 aromatic rings. The standard InChI is InChI=1S/C9H11NO2.ClH3Si/c11-9(12)10-7-6-8-4-2-1-3-5-8;1-2/h1-5,10H,6-7H2,(H,11,12);2H3. The van der Waals surface area contributed by atoms with Gasteiger partial charge in [0.2, 0.25) is 0 Å². The second-order valence-electron chi connectivity index (χ2n) is 2.47. The molecule has 0 unspecified atom stereocenters. The number of rotatable bonds is 3. The summed E-state index contributed by atoms with van der Waals surface area (Å²) >= 11 is 4.78. The van der Waals surface area contributed by atoms with Crippen LogP contribution in [0.1, 0.15) is 5.56 Å². The third-order valence-electron chi connectivity index (χ3n) is 1.53.